The third-order valence-electron chi connectivity index (χ3n) is 2.75. The van der Waals surface area contributed by atoms with Crippen molar-refractivity contribution in [3.05, 3.63) is 40.5 Å². The monoisotopic (exact) mass is 293 g/mol. The van der Waals surface area contributed by atoms with Crippen molar-refractivity contribution in [1.29, 1.82) is 0 Å². The maximum Gasteiger partial charge on any atom is 0.263 e. The number of hydrogen-bond donors (Lipinski definition) is 1. The lowest BCUT2D eigenvalue weighted by Gasteiger charge is -2.12. The number of ether oxygens (including phenoxy) is 1. The molecule has 1 amide bonds. The van der Waals surface area contributed by atoms with Crippen LogP contribution in [0.15, 0.2) is 24.4 Å². The lowest BCUT2D eigenvalue weighted by molar-refractivity contribution is -0.118. The predicted molar refractivity (Wildman–Crippen MR) is 78.3 cm³/mol. The molecule has 1 aromatic heterocycles. The number of halogens is 1. The predicted octanol–water partition coefficient (Wildman–Crippen LogP) is 2.71. The van der Waals surface area contributed by atoms with Crippen LogP contribution >= 0.6 is 11.6 Å². The molecule has 1 aromatic carbocycles. The van der Waals surface area contributed by atoms with Gasteiger partial charge in [-0.3, -0.25) is 9.48 Å². The van der Waals surface area contributed by atoms with Crippen LogP contribution in [0, 0.1) is 13.8 Å². The topological polar surface area (TPSA) is 56.1 Å². The fourth-order valence-corrected chi connectivity index (χ4v) is 2.25. The van der Waals surface area contributed by atoms with E-state index in [1.54, 1.807) is 36.1 Å². The quantitative estimate of drug-likeness (QED) is 0.943. The highest BCUT2D eigenvalue weighted by Crippen LogP contribution is 2.26. The van der Waals surface area contributed by atoms with Crippen LogP contribution in [-0.2, 0) is 11.8 Å². The van der Waals surface area contributed by atoms with E-state index < -0.39 is 0 Å². The molecular formula is C14H16ClN3O2. The number of amides is 1. The van der Waals surface area contributed by atoms with Gasteiger partial charge in [0.05, 0.1) is 0 Å². The van der Waals surface area contributed by atoms with Gasteiger partial charge in [0.15, 0.2) is 12.4 Å². The molecule has 2 rings (SSSR count). The minimum Gasteiger partial charge on any atom is -0.483 e. The van der Waals surface area contributed by atoms with Crippen molar-refractivity contribution in [3.63, 3.8) is 0 Å². The Morgan fingerprint density at radius 1 is 1.40 bits per heavy atom. The summed E-state index contributed by atoms with van der Waals surface area (Å²) in [6.07, 6.45) is 1.75. The van der Waals surface area contributed by atoms with Gasteiger partial charge in [0.1, 0.15) is 5.75 Å². The third kappa shape index (κ3) is 3.51. The Morgan fingerprint density at radius 3 is 2.60 bits per heavy atom. The second-order valence-electron chi connectivity index (χ2n) is 4.58. The number of hydrogen-bond acceptors (Lipinski definition) is 3. The van der Waals surface area contributed by atoms with Crippen LogP contribution in [0.25, 0.3) is 0 Å². The Kier molecular flexibility index (Phi) is 4.29. The van der Waals surface area contributed by atoms with Gasteiger partial charge >= 0.3 is 0 Å². The van der Waals surface area contributed by atoms with E-state index in [0.29, 0.717) is 16.6 Å². The van der Waals surface area contributed by atoms with Crippen LogP contribution in [-0.4, -0.2) is 22.3 Å². The molecule has 20 heavy (non-hydrogen) atoms. The Hall–Kier alpha value is -2.01. The third-order valence-corrected chi connectivity index (χ3v) is 2.97. The Balaban J connectivity index is 1.97. The van der Waals surface area contributed by atoms with E-state index in [4.69, 9.17) is 16.3 Å². The maximum atomic E-state index is 11.8. The summed E-state index contributed by atoms with van der Waals surface area (Å²) in [4.78, 5) is 11.8. The van der Waals surface area contributed by atoms with Gasteiger partial charge in [-0.25, -0.2) is 0 Å². The van der Waals surface area contributed by atoms with Gasteiger partial charge in [0.2, 0.25) is 0 Å². The smallest absolute Gasteiger partial charge is 0.263 e. The highest BCUT2D eigenvalue weighted by Gasteiger charge is 2.09. The fraction of sp³-hybridized carbons (Fsp3) is 0.286. The second-order valence-corrected chi connectivity index (χ2v) is 5.02. The zero-order chi connectivity index (χ0) is 14.7. The van der Waals surface area contributed by atoms with Crippen LogP contribution in [0.2, 0.25) is 5.02 Å². The molecule has 0 unspecified atom stereocenters. The molecule has 0 saturated carbocycles. The van der Waals surface area contributed by atoms with Crippen LogP contribution < -0.4 is 10.1 Å². The van der Waals surface area contributed by atoms with Gasteiger partial charge in [-0.05, 0) is 37.1 Å². The number of anilines is 1. The van der Waals surface area contributed by atoms with Gasteiger partial charge in [0, 0.05) is 24.3 Å². The fourth-order valence-electron chi connectivity index (χ4n) is 1.92. The summed E-state index contributed by atoms with van der Waals surface area (Å²) in [7, 11) is 1.78. The first-order chi connectivity index (χ1) is 9.45. The summed E-state index contributed by atoms with van der Waals surface area (Å²) in [5.41, 5.74) is 1.81. The number of benzene rings is 1. The molecular weight excluding hydrogens is 278 g/mol. The van der Waals surface area contributed by atoms with Crippen molar-refractivity contribution in [3.8, 4) is 5.75 Å². The van der Waals surface area contributed by atoms with Crippen molar-refractivity contribution in [2.24, 2.45) is 7.05 Å². The maximum absolute atomic E-state index is 11.8. The standard InChI is InChI=1S/C14H16ClN3O2/c1-9-6-11(15)7-10(2)14(9)20-8-13(19)16-12-4-5-18(3)17-12/h4-7H,8H2,1-3H3,(H,16,17,19). The zero-order valence-corrected chi connectivity index (χ0v) is 12.4. The van der Waals surface area contributed by atoms with Crippen molar-refractivity contribution < 1.29 is 9.53 Å². The highest BCUT2D eigenvalue weighted by atomic mass is 35.5. The van der Waals surface area contributed by atoms with Crippen LogP contribution in [0.4, 0.5) is 5.82 Å². The summed E-state index contributed by atoms with van der Waals surface area (Å²) in [6.45, 7) is 3.72. The highest BCUT2D eigenvalue weighted by molar-refractivity contribution is 6.30. The van der Waals surface area contributed by atoms with Gasteiger partial charge in [-0.15, -0.1) is 0 Å². The SMILES string of the molecule is Cc1cc(Cl)cc(C)c1OCC(=O)Nc1ccn(C)n1. The lowest BCUT2D eigenvalue weighted by Crippen LogP contribution is -2.21. The molecule has 1 heterocycles. The first-order valence-electron chi connectivity index (χ1n) is 6.15. The average Bonchev–Trinajstić information content (AvgIpc) is 2.73. The molecule has 0 atom stereocenters. The lowest BCUT2D eigenvalue weighted by atomic mass is 10.1. The Morgan fingerprint density at radius 2 is 2.05 bits per heavy atom. The summed E-state index contributed by atoms with van der Waals surface area (Å²) in [5, 5.41) is 7.38. The molecule has 1 N–H and O–H groups in total. The van der Waals surface area contributed by atoms with E-state index in [9.17, 15) is 4.79 Å². The van der Waals surface area contributed by atoms with E-state index in [2.05, 4.69) is 10.4 Å². The van der Waals surface area contributed by atoms with E-state index in [-0.39, 0.29) is 12.5 Å². The molecule has 0 bridgehead atoms. The molecule has 0 radical (unpaired) electrons. The number of carbonyl (C=O) groups is 1. The molecule has 6 heteroatoms. The minimum absolute atomic E-state index is 0.0696. The molecule has 5 nitrogen and oxygen atoms in total. The van der Waals surface area contributed by atoms with E-state index >= 15 is 0 Å². The summed E-state index contributed by atoms with van der Waals surface area (Å²) >= 11 is 5.95. The zero-order valence-electron chi connectivity index (χ0n) is 11.6. The Labute approximate surface area is 122 Å². The van der Waals surface area contributed by atoms with Crippen molar-refractivity contribution in [2.75, 3.05) is 11.9 Å². The van der Waals surface area contributed by atoms with Gasteiger partial charge < -0.3 is 10.1 Å². The number of nitrogens with one attached hydrogen (secondary N) is 1. The molecule has 0 aliphatic carbocycles. The molecule has 0 aliphatic heterocycles. The first kappa shape index (κ1) is 14.4. The van der Waals surface area contributed by atoms with Crippen LogP contribution in [0.1, 0.15) is 11.1 Å². The molecule has 0 saturated heterocycles. The van der Waals surface area contributed by atoms with Gasteiger partial charge in [-0.1, -0.05) is 11.6 Å². The molecule has 0 aliphatic rings. The summed E-state index contributed by atoms with van der Waals surface area (Å²) < 4.78 is 7.17. The normalized spacial score (nSPS) is 10.4. The van der Waals surface area contributed by atoms with Crippen LogP contribution in [0.5, 0.6) is 5.75 Å². The number of nitrogens with zero attached hydrogens (tertiary/aromatic N) is 2. The number of rotatable bonds is 4. The van der Waals surface area contributed by atoms with Crippen molar-refractivity contribution in [1.82, 2.24) is 9.78 Å². The molecule has 0 fully saturated rings. The summed E-state index contributed by atoms with van der Waals surface area (Å²) in [6, 6.07) is 5.33. The van der Waals surface area contributed by atoms with E-state index in [1.165, 1.54) is 0 Å². The Bertz CT molecular complexity index is 614. The number of carbonyl (C=O) groups excluding carboxylic acids is 1. The van der Waals surface area contributed by atoms with Crippen LogP contribution in [0.3, 0.4) is 0 Å². The number of aromatic nitrogens is 2. The molecule has 106 valence electrons. The van der Waals surface area contributed by atoms with Gasteiger partial charge in [0.25, 0.3) is 5.91 Å². The van der Waals surface area contributed by atoms with Crippen molar-refractivity contribution in [2.45, 2.75) is 13.8 Å². The first-order valence-corrected chi connectivity index (χ1v) is 6.52. The minimum atomic E-state index is -0.252. The molecule has 0 spiro atoms. The molecule has 2 aromatic rings. The van der Waals surface area contributed by atoms with E-state index in [1.807, 2.05) is 13.8 Å². The summed E-state index contributed by atoms with van der Waals surface area (Å²) in [5.74, 6) is 0.939. The average molecular weight is 294 g/mol. The number of aryl methyl sites for hydroxylation is 3. The largest absolute Gasteiger partial charge is 0.483 e. The van der Waals surface area contributed by atoms with Gasteiger partial charge in [-0.2, -0.15) is 5.10 Å². The second kappa shape index (κ2) is 5.96. The van der Waals surface area contributed by atoms with Crippen molar-refractivity contribution >= 4 is 23.3 Å². The van der Waals surface area contributed by atoms with E-state index in [0.717, 1.165) is 11.1 Å².